The van der Waals surface area contributed by atoms with Crippen molar-refractivity contribution in [3.63, 3.8) is 0 Å². The largest absolute Gasteiger partial charge is 0.493 e. The maximum absolute atomic E-state index is 11.9. The predicted octanol–water partition coefficient (Wildman–Crippen LogP) is 2.13. The van der Waals surface area contributed by atoms with Crippen LogP contribution in [0.15, 0.2) is 24.3 Å². The molecule has 1 heterocycles. The molecule has 10 heteroatoms. The van der Waals surface area contributed by atoms with E-state index in [9.17, 15) is 14.7 Å². The van der Waals surface area contributed by atoms with Crippen LogP contribution in [0.5, 0.6) is 23.0 Å². The third-order valence-corrected chi connectivity index (χ3v) is 5.57. The van der Waals surface area contributed by atoms with E-state index in [4.69, 9.17) is 18.9 Å². The molecule has 4 N–H and O–H groups in total. The van der Waals surface area contributed by atoms with Crippen molar-refractivity contribution in [2.24, 2.45) is 0 Å². The summed E-state index contributed by atoms with van der Waals surface area (Å²) in [6.07, 6.45) is 0.784. The molecule has 190 valence electrons. The molecule has 0 aromatic heterocycles. The summed E-state index contributed by atoms with van der Waals surface area (Å²) in [5, 5.41) is 19.1. The van der Waals surface area contributed by atoms with Crippen molar-refractivity contribution >= 4 is 23.2 Å². The number of nitrogens with one attached hydrogen (secondary N) is 3. The maximum atomic E-state index is 11.9. The summed E-state index contributed by atoms with van der Waals surface area (Å²) < 4.78 is 22.0. The highest BCUT2D eigenvalue weighted by Gasteiger charge is 2.23. The van der Waals surface area contributed by atoms with E-state index in [1.807, 2.05) is 12.1 Å². The molecule has 0 spiro atoms. The monoisotopic (exact) mass is 487 g/mol. The Labute approximate surface area is 204 Å². The van der Waals surface area contributed by atoms with Crippen molar-refractivity contribution in [3.8, 4) is 23.0 Å². The van der Waals surface area contributed by atoms with Crippen molar-refractivity contribution < 1.29 is 33.6 Å². The molecule has 2 amide bonds. The van der Waals surface area contributed by atoms with Gasteiger partial charge in [-0.15, -0.1) is 0 Å². The lowest BCUT2D eigenvalue weighted by Crippen LogP contribution is -2.32. The van der Waals surface area contributed by atoms with Gasteiger partial charge in [0.05, 0.1) is 32.7 Å². The number of fused-ring (bicyclic) bond motifs is 1. The summed E-state index contributed by atoms with van der Waals surface area (Å²) >= 11 is 0. The van der Waals surface area contributed by atoms with Gasteiger partial charge in [0.15, 0.2) is 11.5 Å². The van der Waals surface area contributed by atoms with Crippen LogP contribution in [0.4, 0.5) is 11.4 Å². The fourth-order valence-corrected chi connectivity index (χ4v) is 3.92. The van der Waals surface area contributed by atoms with Gasteiger partial charge < -0.3 is 40.0 Å². The topological polar surface area (TPSA) is 127 Å². The SMILES string of the molecule is COc1cc(CCNCC(O)COc2ccc(NC(C)=O)c3c2CCC(=O)N3)cc(OC)c1OC. The summed E-state index contributed by atoms with van der Waals surface area (Å²) in [6, 6.07) is 7.22. The Morgan fingerprint density at radius 3 is 2.43 bits per heavy atom. The molecule has 1 atom stereocenters. The molecule has 3 rings (SSSR count). The van der Waals surface area contributed by atoms with Gasteiger partial charge >= 0.3 is 0 Å². The van der Waals surface area contributed by atoms with Crippen LogP contribution in [0.3, 0.4) is 0 Å². The second-order valence-electron chi connectivity index (χ2n) is 8.15. The lowest BCUT2D eigenvalue weighted by Gasteiger charge is -2.24. The van der Waals surface area contributed by atoms with Crippen molar-refractivity contribution in [2.45, 2.75) is 32.3 Å². The van der Waals surface area contributed by atoms with E-state index < -0.39 is 6.10 Å². The summed E-state index contributed by atoms with van der Waals surface area (Å²) in [5.74, 6) is 1.97. The molecule has 0 saturated heterocycles. The Kier molecular flexibility index (Phi) is 9.16. The Bertz CT molecular complexity index is 1030. The number of aliphatic hydroxyl groups is 1. The number of carbonyl (C=O) groups is 2. The van der Waals surface area contributed by atoms with Crippen LogP contribution in [-0.2, 0) is 22.4 Å². The van der Waals surface area contributed by atoms with E-state index in [0.29, 0.717) is 66.7 Å². The molecule has 2 aromatic carbocycles. The first kappa shape index (κ1) is 26.1. The van der Waals surface area contributed by atoms with Crippen molar-refractivity contribution in [3.05, 3.63) is 35.4 Å². The first-order valence-corrected chi connectivity index (χ1v) is 11.4. The third-order valence-electron chi connectivity index (χ3n) is 5.57. The molecule has 1 unspecified atom stereocenters. The standard InChI is InChI=1S/C25H33N3O7/c1-15(29)27-19-6-7-20(18-5-8-23(31)28-24(18)19)35-14-17(30)13-26-10-9-16-11-21(32-2)25(34-4)22(12-16)33-3/h6-7,11-12,17,26,30H,5,8-10,13-14H2,1-4H3,(H,27,29)(H,28,31). The second kappa shape index (κ2) is 12.3. The molecule has 1 aliphatic rings. The van der Waals surface area contributed by atoms with Crippen LogP contribution in [0.25, 0.3) is 0 Å². The van der Waals surface area contributed by atoms with E-state index in [2.05, 4.69) is 16.0 Å². The molecule has 0 bridgehead atoms. The molecule has 0 radical (unpaired) electrons. The molecule has 0 fully saturated rings. The number of hydrogen-bond acceptors (Lipinski definition) is 8. The van der Waals surface area contributed by atoms with Gasteiger partial charge in [0.2, 0.25) is 17.6 Å². The number of hydrogen-bond donors (Lipinski definition) is 4. The highest BCUT2D eigenvalue weighted by Crippen LogP contribution is 2.39. The summed E-state index contributed by atoms with van der Waals surface area (Å²) in [4.78, 5) is 23.3. The van der Waals surface area contributed by atoms with Crippen LogP contribution < -0.4 is 34.9 Å². The smallest absolute Gasteiger partial charge is 0.224 e. The zero-order valence-corrected chi connectivity index (χ0v) is 20.5. The van der Waals surface area contributed by atoms with Crippen LogP contribution in [0.2, 0.25) is 0 Å². The number of rotatable bonds is 12. The lowest BCUT2D eigenvalue weighted by atomic mass is 10.0. The van der Waals surface area contributed by atoms with E-state index >= 15 is 0 Å². The second-order valence-corrected chi connectivity index (χ2v) is 8.15. The van der Waals surface area contributed by atoms with Gasteiger partial charge in [-0.05, 0) is 49.2 Å². The van der Waals surface area contributed by atoms with Gasteiger partial charge in [-0.1, -0.05) is 0 Å². The van der Waals surface area contributed by atoms with E-state index in [-0.39, 0.29) is 18.4 Å². The zero-order valence-electron chi connectivity index (χ0n) is 20.5. The van der Waals surface area contributed by atoms with Gasteiger partial charge in [0.25, 0.3) is 0 Å². The minimum absolute atomic E-state index is 0.0804. The number of ether oxygens (including phenoxy) is 4. The number of amides is 2. The van der Waals surface area contributed by atoms with Gasteiger partial charge in [-0.3, -0.25) is 9.59 Å². The summed E-state index contributed by atoms with van der Waals surface area (Å²) in [6.45, 7) is 2.46. The zero-order chi connectivity index (χ0) is 25.4. The van der Waals surface area contributed by atoms with Gasteiger partial charge in [-0.25, -0.2) is 0 Å². The van der Waals surface area contributed by atoms with Crippen molar-refractivity contribution in [1.29, 1.82) is 0 Å². The maximum Gasteiger partial charge on any atom is 0.224 e. The number of aliphatic hydroxyl groups excluding tert-OH is 1. The van der Waals surface area contributed by atoms with E-state index in [0.717, 1.165) is 11.1 Å². The normalized spacial score (nSPS) is 13.3. The average Bonchev–Trinajstić information content (AvgIpc) is 2.85. The average molecular weight is 488 g/mol. The molecule has 1 aliphatic heterocycles. The number of benzene rings is 2. The third kappa shape index (κ3) is 6.77. The Morgan fingerprint density at radius 2 is 1.80 bits per heavy atom. The minimum atomic E-state index is -0.737. The fourth-order valence-electron chi connectivity index (χ4n) is 3.92. The van der Waals surface area contributed by atoms with Crippen LogP contribution in [0.1, 0.15) is 24.5 Å². The van der Waals surface area contributed by atoms with Crippen LogP contribution in [-0.4, -0.2) is 64.1 Å². The number of carbonyl (C=O) groups excluding carboxylic acids is 2. The number of anilines is 2. The molecule has 0 aliphatic carbocycles. The molecular formula is C25H33N3O7. The quantitative estimate of drug-likeness (QED) is 0.335. The van der Waals surface area contributed by atoms with Gasteiger partial charge in [0, 0.05) is 25.5 Å². The highest BCUT2D eigenvalue weighted by molar-refractivity contribution is 6.02. The summed E-state index contributed by atoms with van der Waals surface area (Å²) in [5.41, 5.74) is 2.89. The van der Waals surface area contributed by atoms with Crippen molar-refractivity contribution in [1.82, 2.24) is 5.32 Å². The van der Waals surface area contributed by atoms with Gasteiger partial charge in [-0.2, -0.15) is 0 Å². The predicted molar refractivity (Wildman–Crippen MR) is 132 cm³/mol. The minimum Gasteiger partial charge on any atom is -0.493 e. The molecular weight excluding hydrogens is 454 g/mol. The fraction of sp³-hybridized carbons (Fsp3) is 0.440. The Hall–Kier alpha value is -3.50. The molecule has 0 saturated carbocycles. The summed E-state index contributed by atoms with van der Waals surface area (Å²) in [7, 11) is 4.72. The van der Waals surface area contributed by atoms with Crippen LogP contribution >= 0.6 is 0 Å². The van der Waals surface area contributed by atoms with E-state index in [1.165, 1.54) is 6.92 Å². The number of methoxy groups -OCH3 is 3. The highest BCUT2D eigenvalue weighted by atomic mass is 16.5. The lowest BCUT2D eigenvalue weighted by molar-refractivity contribution is -0.116. The first-order chi connectivity index (χ1) is 16.9. The Morgan fingerprint density at radius 1 is 1.09 bits per heavy atom. The van der Waals surface area contributed by atoms with Gasteiger partial charge in [0.1, 0.15) is 18.5 Å². The molecule has 2 aromatic rings. The Balaban J connectivity index is 1.52. The van der Waals surface area contributed by atoms with Crippen LogP contribution in [0, 0.1) is 0 Å². The van der Waals surface area contributed by atoms with E-state index in [1.54, 1.807) is 33.5 Å². The molecule has 35 heavy (non-hydrogen) atoms. The molecule has 10 nitrogen and oxygen atoms in total. The van der Waals surface area contributed by atoms with Crippen molar-refractivity contribution in [2.75, 3.05) is 51.7 Å². The first-order valence-electron chi connectivity index (χ1n) is 11.4.